The van der Waals surface area contributed by atoms with Gasteiger partial charge < -0.3 is 15.2 Å². The smallest absolute Gasteiger partial charge is 0.175 e. The number of nitrogens with two attached hydrogens (primary N) is 1. The molecule has 0 aliphatic carbocycles. The van der Waals surface area contributed by atoms with Gasteiger partial charge in [0.05, 0.1) is 18.7 Å². The van der Waals surface area contributed by atoms with Crippen LogP contribution in [-0.2, 0) is 0 Å². The number of anilines is 1. The minimum atomic E-state index is 0.666. The van der Waals surface area contributed by atoms with E-state index in [-0.39, 0.29) is 0 Å². The van der Waals surface area contributed by atoms with Gasteiger partial charge in [-0.3, -0.25) is 0 Å². The van der Waals surface area contributed by atoms with Crippen LogP contribution >= 0.6 is 15.9 Å². The number of halogens is 1. The maximum absolute atomic E-state index is 5.92. The lowest BCUT2D eigenvalue weighted by atomic mass is 10.1. The minimum absolute atomic E-state index is 0.666. The highest BCUT2D eigenvalue weighted by atomic mass is 79.9. The Morgan fingerprint density at radius 2 is 1.88 bits per heavy atom. The first kappa shape index (κ1) is 11.1. The predicted octanol–water partition coefficient (Wildman–Crippen LogP) is 3.20. The van der Waals surface area contributed by atoms with Crippen LogP contribution in [0, 0.1) is 0 Å². The second kappa shape index (κ2) is 4.22. The average molecular weight is 282 g/mol. The predicted molar refractivity (Wildman–Crippen MR) is 69.2 cm³/mol. The number of hydrogen-bond donors (Lipinski definition) is 1. The molecular formula is C12H12BrNO2. The molecule has 0 saturated carbocycles. The zero-order chi connectivity index (χ0) is 11.7. The third kappa shape index (κ3) is 1.59. The Labute approximate surface area is 102 Å². The summed E-state index contributed by atoms with van der Waals surface area (Å²) in [5.74, 6) is 1.35. The Morgan fingerprint density at radius 3 is 2.50 bits per heavy atom. The summed E-state index contributed by atoms with van der Waals surface area (Å²) in [6.07, 6.45) is 0. The standard InChI is InChI=1S/C12H12BrNO2/c1-15-10-6-8-7(4-3-5-9(8)14)11(13)12(10)16-2/h3-6H,14H2,1-2H3. The van der Waals surface area contributed by atoms with Crippen molar-refractivity contribution >= 4 is 32.4 Å². The fraction of sp³-hybridized carbons (Fsp3) is 0.167. The fourth-order valence-electron chi connectivity index (χ4n) is 1.70. The van der Waals surface area contributed by atoms with Crippen molar-refractivity contribution in [3.63, 3.8) is 0 Å². The highest BCUT2D eigenvalue weighted by molar-refractivity contribution is 9.10. The zero-order valence-corrected chi connectivity index (χ0v) is 10.7. The van der Waals surface area contributed by atoms with E-state index in [1.807, 2.05) is 24.3 Å². The number of methoxy groups -OCH3 is 2. The summed E-state index contributed by atoms with van der Waals surface area (Å²) in [5.41, 5.74) is 6.64. The van der Waals surface area contributed by atoms with E-state index in [1.165, 1.54) is 0 Å². The molecule has 84 valence electrons. The Bertz CT molecular complexity index is 540. The van der Waals surface area contributed by atoms with Gasteiger partial charge in [0, 0.05) is 16.5 Å². The lowest BCUT2D eigenvalue weighted by molar-refractivity contribution is 0.354. The molecule has 0 heterocycles. The number of ether oxygens (including phenoxy) is 2. The molecule has 0 radical (unpaired) electrons. The second-order valence-electron chi connectivity index (χ2n) is 3.37. The van der Waals surface area contributed by atoms with Crippen LogP contribution < -0.4 is 15.2 Å². The number of fused-ring (bicyclic) bond motifs is 1. The third-order valence-electron chi connectivity index (χ3n) is 2.50. The number of benzene rings is 2. The SMILES string of the molecule is COc1cc2c(N)cccc2c(Br)c1OC. The van der Waals surface area contributed by atoms with Crippen LogP contribution in [0.4, 0.5) is 5.69 Å². The molecule has 0 aromatic heterocycles. The Balaban J connectivity index is 2.87. The first-order chi connectivity index (χ1) is 7.69. The van der Waals surface area contributed by atoms with Gasteiger partial charge in [-0.25, -0.2) is 0 Å². The van der Waals surface area contributed by atoms with Crippen molar-refractivity contribution < 1.29 is 9.47 Å². The van der Waals surface area contributed by atoms with Gasteiger partial charge in [0.2, 0.25) is 0 Å². The van der Waals surface area contributed by atoms with Crippen molar-refractivity contribution in [2.45, 2.75) is 0 Å². The van der Waals surface area contributed by atoms with Gasteiger partial charge in [-0.05, 0) is 28.1 Å². The quantitative estimate of drug-likeness (QED) is 0.860. The van der Waals surface area contributed by atoms with Crippen LogP contribution in [0.25, 0.3) is 10.8 Å². The van der Waals surface area contributed by atoms with Crippen LogP contribution in [0.15, 0.2) is 28.7 Å². The van der Waals surface area contributed by atoms with Crippen molar-refractivity contribution in [1.29, 1.82) is 0 Å². The van der Waals surface area contributed by atoms with Crippen molar-refractivity contribution in [1.82, 2.24) is 0 Å². The summed E-state index contributed by atoms with van der Waals surface area (Å²) >= 11 is 3.51. The van der Waals surface area contributed by atoms with Crippen LogP contribution in [-0.4, -0.2) is 14.2 Å². The molecule has 2 aromatic carbocycles. The zero-order valence-electron chi connectivity index (χ0n) is 9.08. The molecule has 2 aromatic rings. The van der Waals surface area contributed by atoms with Gasteiger partial charge >= 0.3 is 0 Å². The van der Waals surface area contributed by atoms with Crippen molar-refractivity contribution in [3.05, 3.63) is 28.7 Å². The molecule has 0 saturated heterocycles. The van der Waals surface area contributed by atoms with Crippen LogP contribution in [0.3, 0.4) is 0 Å². The minimum Gasteiger partial charge on any atom is -0.493 e. The lowest BCUT2D eigenvalue weighted by Crippen LogP contribution is -1.94. The molecule has 0 atom stereocenters. The van der Waals surface area contributed by atoms with Gasteiger partial charge in [0.1, 0.15) is 0 Å². The molecule has 4 heteroatoms. The third-order valence-corrected chi connectivity index (χ3v) is 3.29. The Morgan fingerprint density at radius 1 is 1.12 bits per heavy atom. The molecule has 0 unspecified atom stereocenters. The Kier molecular flexibility index (Phi) is 2.92. The maximum atomic E-state index is 5.92. The van der Waals surface area contributed by atoms with E-state index in [4.69, 9.17) is 15.2 Å². The molecule has 0 aliphatic rings. The summed E-state index contributed by atoms with van der Waals surface area (Å²) in [4.78, 5) is 0. The molecule has 2 rings (SSSR count). The summed E-state index contributed by atoms with van der Waals surface area (Å²) in [7, 11) is 3.22. The first-order valence-electron chi connectivity index (χ1n) is 4.77. The van der Waals surface area contributed by atoms with E-state index < -0.39 is 0 Å². The fourth-order valence-corrected chi connectivity index (χ4v) is 2.41. The second-order valence-corrected chi connectivity index (χ2v) is 4.16. The largest absolute Gasteiger partial charge is 0.493 e. The number of hydrogen-bond acceptors (Lipinski definition) is 3. The van der Waals surface area contributed by atoms with Gasteiger partial charge in [0.15, 0.2) is 11.5 Å². The molecule has 16 heavy (non-hydrogen) atoms. The monoisotopic (exact) mass is 281 g/mol. The highest BCUT2D eigenvalue weighted by Gasteiger charge is 2.13. The summed E-state index contributed by atoms with van der Waals surface area (Å²) in [5, 5.41) is 1.96. The molecule has 0 spiro atoms. The molecule has 0 aliphatic heterocycles. The normalized spacial score (nSPS) is 10.4. The van der Waals surface area contributed by atoms with E-state index in [9.17, 15) is 0 Å². The summed E-state index contributed by atoms with van der Waals surface area (Å²) < 4.78 is 11.4. The first-order valence-corrected chi connectivity index (χ1v) is 5.57. The average Bonchev–Trinajstić information content (AvgIpc) is 2.30. The van der Waals surface area contributed by atoms with E-state index >= 15 is 0 Å². The van der Waals surface area contributed by atoms with Crippen molar-refractivity contribution in [2.24, 2.45) is 0 Å². The van der Waals surface area contributed by atoms with Gasteiger partial charge in [0.25, 0.3) is 0 Å². The van der Waals surface area contributed by atoms with Crippen LogP contribution in [0.2, 0.25) is 0 Å². The maximum Gasteiger partial charge on any atom is 0.175 e. The molecule has 0 amide bonds. The van der Waals surface area contributed by atoms with E-state index in [2.05, 4.69) is 15.9 Å². The Hall–Kier alpha value is -1.42. The van der Waals surface area contributed by atoms with E-state index in [0.717, 1.165) is 20.9 Å². The molecule has 0 bridgehead atoms. The summed E-state index contributed by atoms with van der Waals surface area (Å²) in [6.45, 7) is 0. The van der Waals surface area contributed by atoms with Gasteiger partial charge in [-0.1, -0.05) is 12.1 Å². The highest BCUT2D eigenvalue weighted by Crippen LogP contribution is 2.42. The van der Waals surface area contributed by atoms with E-state index in [1.54, 1.807) is 14.2 Å². The number of rotatable bonds is 2. The van der Waals surface area contributed by atoms with Crippen molar-refractivity contribution in [2.75, 3.05) is 20.0 Å². The van der Waals surface area contributed by atoms with E-state index in [0.29, 0.717) is 11.5 Å². The van der Waals surface area contributed by atoms with Gasteiger partial charge in [-0.2, -0.15) is 0 Å². The summed E-state index contributed by atoms with van der Waals surface area (Å²) in [6, 6.07) is 7.64. The van der Waals surface area contributed by atoms with Crippen LogP contribution in [0.1, 0.15) is 0 Å². The number of nitrogen functional groups attached to an aromatic ring is 1. The molecule has 2 N–H and O–H groups in total. The van der Waals surface area contributed by atoms with Crippen molar-refractivity contribution in [3.8, 4) is 11.5 Å². The lowest BCUT2D eigenvalue weighted by Gasteiger charge is -2.13. The molecule has 3 nitrogen and oxygen atoms in total. The molecular weight excluding hydrogens is 270 g/mol. The molecule has 0 fully saturated rings. The van der Waals surface area contributed by atoms with Gasteiger partial charge in [-0.15, -0.1) is 0 Å². The topological polar surface area (TPSA) is 44.5 Å². The van der Waals surface area contributed by atoms with Crippen LogP contribution in [0.5, 0.6) is 11.5 Å².